The van der Waals surface area contributed by atoms with E-state index >= 15 is 0 Å². The molecule has 1 aliphatic rings. The molecule has 0 bridgehead atoms. The maximum atomic E-state index is 11.9. The molecule has 0 aliphatic heterocycles. The highest BCUT2D eigenvalue weighted by atomic mass is 16.2. The third kappa shape index (κ3) is 2.70. The SMILES string of the molecule is CNC(=O)[C@H](NC(=O)C1CCC1)c1ccccc1. The number of nitrogens with one attached hydrogen (secondary N) is 2. The van der Waals surface area contributed by atoms with Crippen LogP contribution in [0.2, 0.25) is 0 Å². The Hall–Kier alpha value is -1.84. The number of carbonyl (C=O) groups is 2. The van der Waals surface area contributed by atoms with E-state index in [4.69, 9.17) is 0 Å². The largest absolute Gasteiger partial charge is 0.357 e. The fourth-order valence-corrected chi connectivity index (χ4v) is 2.02. The van der Waals surface area contributed by atoms with Crippen molar-refractivity contribution in [3.05, 3.63) is 35.9 Å². The molecule has 2 amide bonds. The Bertz CT molecular complexity index is 427. The van der Waals surface area contributed by atoms with Crippen LogP contribution < -0.4 is 10.6 Å². The third-order valence-electron chi connectivity index (χ3n) is 3.40. The van der Waals surface area contributed by atoms with Crippen molar-refractivity contribution in [2.75, 3.05) is 7.05 Å². The minimum atomic E-state index is -0.593. The third-order valence-corrected chi connectivity index (χ3v) is 3.40. The van der Waals surface area contributed by atoms with E-state index in [0.29, 0.717) is 0 Å². The highest BCUT2D eigenvalue weighted by Crippen LogP contribution is 2.27. The van der Waals surface area contributed by atoms with Crippen molar-refractivity contribution in [1.29, 1.82) is 0 Å². The monoisotopic (exact) mass is 246 g/mol. The van der Waals surface area contributed by atoms with Gasteiger partial charge in [-0.15, -0.1) is 0 Å². The van der Waals surface area contributed by atoms with Crippen LogP contribution in [0.5, 0.6) is 0 Å². The second-order valence-corrected chi connectivity index (χ2v) is 4.59. The van der Waals surface area contributed by atoms with Gasteiger partial charge in [-0.3, -0.25) is 9.59 Å². The van der Waals surface area contributed by atoms with Crippen molar-refractivity contribution in [3.63, 3.8) is 0 Å². The average Bonchev–Trinajstić information content (AvgIpc) is 2.34. The molecule has 1 aliphatic carbocycles. The molecule has 0 radical (unpaired) electrons. The van der Waals surface area contributed by atoms with Gasteiger partial charge in [0.1, 0.15) is 6.04 Å². The molecular weight excluding hydrogens is 228 g/mol. The molecule has 1 aromatic rings. The topological polar surface area (TPSA) is 58.2 Å². The molecule has 0 heterocycles. The summed E-state index contributed by atoms with van der Waals surface area (Å²) in [7, 11) is 1.58. The van der Waals surface area contributed by atoms with Gasteiger partial charge in [0.25, 0.3) is 0 Å². The van der Waals surface area contributed by atoms with Crippen LogP contribution in [0.3, 0.4) is 0 Å². The van der Waals surface area contributed by atoms with E-state index in [-0.39, 0.29) is 17.7 Å². The number of hydrogen-bond donors (Lipinski definition) is 2. The van der Waals surface area contributed by atoms with Crippen molar-refractivity contribution in [3.8, 4) is 0 Å². The van der Waals surface area contributed by atoms with Crippen LogP contribution in [0.4, 0.5) is 0 Å². The smallest absolute Gasteiger partial charge is 0.246 e. The van der Waals surface area contributed by atoms with Crippen LogP contribution in [-0.2, 0) is 9.59 Å². The second kappa shape index (κ2) is 5.67. The zero-order valence-electron chi connectivity index (χ0n) is 10.5. The Morgan fingerprint density at radius 2 is 1.89 bits per heavy atom. The molecule has 1 aromatic carbocycles. The molecule has 1 fully saturated rings. The maximum absolute atomic E-state index is 11.9. The Kier molecular flexibility index (Phi) is 3.97. The summed E-state index contributed by atoms with van der Waals surface area (Å²) in [5, 5.41) is 5.43. The standard InChI is InChI=1S/C14H18N2O2/c1-15-14(18)12(10-6-3-2-4-7-10)16-13(17)11-8-5-9-11/h2-4,6-7,11-12H,5,8-9H2,1H3,(H,15,18)(H,16,17)/t12-/m1/s1. The molecule has 2 N–H and O–H groups in total. The molecular formula is C14H18N2O2. The van der Waals surface area contributed by atoms with Crippen LogP contribution in [0.15, 0.2) is 30.3 Å². The Balaban J connectivity index is 2.10. The lowest BCUT2D eigenvalue weighted by Gasteiger charge is -2.27. The molecule has 0 saturated heterocycles. The number of amides is 2. The van der Waals surface area contributed by atoms with E-state index in [9.17, 15) is 9.59 Å². The van der Waals surface area contributed by atoms with Gasteiger partial charge < -0.3 is 10.6 Å². The van der Waals surface area contributed by atoms with Crippen LogP contribution in [0.25, 0.3) is 0 Å². The Labute approximate surface area is 107 Å². The summed E-state index contributed by atoms with van der Waals surface area (Å²) >= 11 is 0. The summed E-state index contributed by atoms with van der Waals surface area (Å²) in [6, 6.07) is 8.71. The fraction of sp³-hybridized carbons (Fsp3) is 0.429. The van der Waals surface area contributed by atoms with Crippen molar-refractivity contribution in [2.45, 2.75) is 25.3 Å². The van der Waals surface area contributed by atoms with Gasteiger partial charge in [-0.05, 0) is 18.4 Å². The van der Waals surface area contributed by atoms with Crippen molar-refractivity contribution in [1.82, 2.24) is 10.6 Å². The van der Waals surface area contributed by atoms with Gasteiger partial charge >= 0.3 is 0 Å². The van der Waals surface area contributed by atoms with Crippen molar-refractivity contribution < 1.29 is 9.59 Å². The summed E-state index contributed by atoms with van der Waals surface area (Å²) in [5.41, 5.74) is 0.810. The molecule has 1 atom stereocenters. The summed E-state index contributed by atoms with van der Waals surface area (Å²) < 4.78 is 0. The summed E-state index contributed by atoms with van der Waals surface area (Å²) in [5.74, 6) is -0.117. The molecule has 0 aromatic heterocycles. The van der Waals surface area contributed by atoms with E-state index in [1.165, 1.54) is 0 Å². The van der Waals surface area contributed by atoms with Crippen LogP contribution >= 0.6 is 0 Å². The van der Waals surface area contributed by atoms with Gasteiger partial charge in [0.15, 0.2) is 0 Å². The summed E-state index contributed by atoms with van der Waals surface area (Å²) in [6.07, 6.45) is 2.97. The number of rotatable bonds is 4. The quantitative estimate of drug-likeness (QED) is 0.843. The lowest BCUT2D eigenvalue weighted by atomic mass is 9.84. The second-order valence-electron chi connectivity index (χ2n) is 4.59. The summed E-state index contributed by atoms with van der Waals surface area (Å²) in [6.45, 7) is 0. The lowest BCUT2D eigenvalue weighted by molar-refractivity contribution is -0.132. The van der Waals surface area contributed by atoms with Gasteiger partial charge in [0.05, 0.1) is 0 Å². The normalized spacial score (nSPS) is 16.5. The maximum Gasteiger partial charge on any atom is 0.246 e. The van der Waals surface area contributed by atoms with Gasteiger partial charge in [0, 0.05) is 13.0 Å². The lowest BCUT2D eigenvalue weighted by Crippen LogP contribution is -2.43. The van der Waals surface area contributed by atoms with Gasteiger partial charge in [-0.25, -0.2) is 0 Å². The molecule has 96 valence electrons. The Morgan fingerprint density at radius 3 is 2.39 bits per heavy atom. The highest BCUT2D eigenvalue weighted by molar-refractivity contribution is 5.89. The van der Waals surface area contributed by atoms with Crippen LogP contribution in [-0.4, -0.2) is 18.9 Å². The van der Waals surface area contributed by atoms with Gasteiger partial charge in [-0.2, -0.15) is 0 Å². The predicted molar refractivity (Wildman–Crippen MR) is 68.7 cm³/mol. The number of likely N-dealkylation sites (N-methyl/N-ethyl adjacent to an activating group) is 1. The molecule has 0 spiro atoms. The van der Waals surface area contributed by atoms with E-state index in [2.05, 4.69) is 10.6 Å². The minimum absolute atomic E-state index is 0.0151. The number of hydrogen-bond acceptors (Lipinski definition) is 2. The zero-order valence-corrected chi connectivity index (χ0v) is 10.5. The molecule has 0 unspecified atom stereocenters. The van der Waals surface area contributed by atoms with Gasteiger partial charge in [-0.1, -0.05) is 36.8 Å². The summed E-state index contributed by atoms with van der Waals surface area (Å²) in [4.78, 5) is 23.8. The first-order valence-corrected chi connectivity index (χ1v) is 6.29. The van der Waals surface area contributed by atoms with Gasteiger partial charge in [0.2, 0.25) is 11.8 Å². The van der Waals surface area contributed by atoms with Crippen LogP contribution in [0, 0.1) is 5.92 Å². The molecule has 2 rings (SSSR count). The van der Waals surface area contributed by atoms with E-state index in [1.54, 1.807) is 7.05 Å². The van der Waals surface area contributed by atoms with Crippen molar-refractivity contribution in [2.24, 2.45) is 5.92 Å². The van der Waals surface area contributed by atoms with E-state index in [1.807, 2.05) is 30.3 Å². The molecule has 18 heavy (non-hydrogen) atoms. The first-order valence-electron chi connectivity index (χ1n) is 6.29. The van der Waals surface area contributed by atoms with Crippen molar-refractivity contribution >= 4 is 11.8 Å². The zero-order chi connectivity index (χ0) is 13.0. The van der Waals surface area contributed by atoms with Crippen LogP contribution in [0.1, 0.15) is 30.9 Å². The first kappa shape index (κ1) is 12.6. The molecule has 4 nitrogen and oxygen atoms in total. The molecule has 4 heteroatoms. The number of carbonyl (C=O) groups excluding carboxylic acids is 2. The highest BCUT2D eigenvalue weighted by Gasteiger charge is 2.29. The van der Waals surface area contributed by atoms with E-state index < -0.39 is 6.04 Å². The van der Waals surface area contributed by atoms with E-state index in [0.717, 1.165) is 24.8 Å². The predicted octanol–water partition coefficient (Wildman–Crippen LogP) is 1.39. The molecule has 1 saturated carbocycles. The fourth-order valence-electron chi connectivity index (χ4n) is 2.02. The Morgan fingerprint density at radius 1 is 1.22 bits per heavy atom. The average molecular weight is 246 g/mol. The minimum Gasteiger partial charge on any atom is -0.357 e. The number of benzene rings is 1. The first-order chi connectivity index (χ1) is 8.72.